The summed E-state index contributed by atoms with van der Waals surface area (Å²) < 4.78 is 11.3. The molecule has 9 rings (SSSR count). The minimum Gasteiger partial charge on any atom is -0.134 e. The van der Waals surface area contributed by atoms with E-state index in [0.29, 0.717) is 0 Å². The molecule has 4 heterocycles. The van der Waals surface area contributed by atoms with E-state index >= 15 is 0 Å². The monoisotopic (exact) mass is 528 g/mol. The van der Waals surface area contributed by atoms with Crippen LogP contribution in [-0.4, -0.2) is 0 Å². The Hall–Kier alpha value is -3.28. The smallest absolute Gasteiger partial charge is 0.0542 e. The van der Waals surface area contributed by atoms with Gasteiger partial charge in [-0.25, -0.2) is 0 Å². The van der Waals surface area contributed by atoms with Gasteiger partial charge in [0.25, 0.3) is 0 Å². The van der Waals surface area contributed by atoms with Gasteiger partial charge in [0, 0.05) is 40.3 Å². The van der Waals surface area contributed by atoms with E-state index in [1.54, 1.807) is 0 Å². The second-order valence-corrected chi connectivity index (χ2v) is 13.6. The molecule has 0 unspecified atom stereocenters. The molecule has 0 nitrogen and oxygen atoms in total. The number of thiophene rings is 4. The first-order chi connectivity index (χ1) is 17.8. The van der Waals surface area contributed by atoms with Crippen molar-refractivity contribution >= 4 is 115 Å². The van der Waals surface area contributed by atoms with E-state index in [4.69, 9.17) is 0 Å². The maximum absolute atomic E-state index is 2.43. The molecule has 9 aromatic rings. The van der Waals surface area contributed by atoms with Crippen LogP contribution in [0.15, 0.2) is 97.1 Å². The number of hydrogen-bond donors (Lipinski definition) is 0. The molecule has 0 bridgehead atoms. The van der Waals surface area contributed by atoms with Crippen LogP contribution in [0.2, 0.25) is 0 Å². The SMILES string of the molecule is c1ccc(-c2ccc3sc4c5cc6cc7sc8c9ccccc9sc8c7cc6cc5sc4c3c2)cc1. The molecule has 5 aromatic carbocycles. The Morgan fingerprint density at radius 1 is 0.333 bits per heavy atom. The molecule has 0 aliphatic carbocycles. The topological polar surface area (TPSA) is 0 Å². The zero-order valence-corrected chi connectivity index (χ0v) is 22.1. The Kier molecular flexibility index (Phi) is 3.94. The molecular formula is C32H16S4. The summed E-state index contributed by atoms with van der Waals surface area (Å²) in [6.45, 7) is 0. The van der Waals surface area contributed by atoms with Crippen LogP contribution in [0.4, 0.5) is 0 Å². The molecule has 0 saturated carbocycles. The molecule has 4 heteroatoms. The van der Waals surface area contributed by atoms with E-state index in [1.807, 2.05) is 45.3 Å². The summed E-state index contributed by atoms with van der Waals surface area (Å²) in [5.74, 6) is 0. The first kappa shape index (κ1) is 19.9. The summed E-state index contributed by atoms with van der Waals surface area (Å²) in [4.78, 5) is 0. The van der Waals surface area contributed by atoms with Crippen molar-refractivity contribution < 1.29 is 0 Å². The molecular weight excluding hydrogens is 513 g/mol. The van der Waals surface area contributed by atoms with Crippen molar-refractivity contribution in [2.75, 3.05) is 0 Å². The third kappa shape index (κ3) is 2.67. The van der Waals surface area contributed by atoms with Crippen LogP contribution < -0.4 is 0 Å². The lowest BCUT2D eigenvalue weighted by atomic mass is 10.0. The second-order valence-electron chi connectivity index (χ2n) is 9.34. The van der Waals surface area contributed by atoms with E-state index in [0.717, 1.165) is 0 Å². The van der Waals surface area contributed by atoms with Gasteiger partial charge in [-0.1, -0.05) is 54.6 Å². The lowest BCUT2D eigenvalue weighted by Crippen LogP contribution is -1.75. The van der Waals surface area contributed by atoms with Crippen molar-refractivity contribution in [1.29, 1.82) is 0 Å². The van der Waals surface area contributed by atoms with Crippen LogP contribution in [0.1, 0.15) is 0 Å². The van der Waals surface area contributed by atoms with Crippen molar-refractivity contribution in [3.05, 3.63) is 97.1 Å². The van der Waals surface area contributed by atoms with Crippen molar-refractivity contribution in [2.45, 2.75) is 0 Å². The normalized spacial score (nSPS) is 12.4. The van der Waals surface area contributed by atoms with E-state index < -0.39 is 0 Å². The molecule has 0 aliphatic heterocycles. The number of rotatable bonds is 1. The predicted octanol–water partition coefficient (Wildman–Crippen LogP) is 11.7. The number of benzene rings is 5. The average Bonchev–Trinajstić information content (AvgIpc) is 3.64. The number of hydrogen-bond acceptors (Lipinski definition) is 4. The minimum atomic E-state index is 1.28. The molecule has 0 saturated heterocycles. The average molecular weight is 529 g/mol. The first-order valence-corrected chi connectivity index (χ1v) is 15.2. The Bertz CT molecular complexity index is 2310. The summed E-state index contributed by atoms with van der Waals surface area (Å²) in [7, 11) is 0. The fourth-order valence-corrected chi connectivity index (χ4v) is 10.8. The molecule has 0 atom stereocenters. The third-order valence-corrected chi connectivity index (χ3v) is 12.3. The van der Waals surface area contributed by atoms with Crippen LogP contribution >= 0.6 is 45.3 Å². The first-order valence-electron chi connectivity index (χ1n) is 11.9. The fourth-order valence-electron chi connectivity index (χ4n) is 5.52. The van der Waals surface area contributed by atoms with Gasteiger partial charge in [0.15, 0.2) is 0 Å². The minimum absolute atomic E-state index is 1.28. The molecule has 168 valence electrons. The van der Waals surface area contributed by atoms with Crippen molar-refractivity contribution in [3.63, 3.8) is 0 Å². The molecule has 0 aliphatic rings. The summed E-state index contributed by atoms with van der Waals surface area (Å²) in [6, 6.07) is 36.2. The van der Waals surface area contributed by atoms with Crippen molar-refractivity contribution in [1.82, 2.24) is 0 Å². The molecule has 0 radical (unpaired) electrons. The molecule has 0 spiro atoms. The van der Waals surface area contributed by atoms with Gasteiger partial charge in [-0.15, -0.1) is 45.3 Å². The van der Waals surface area contributed by atoms with Gasteiger partial charge < -0.3 is 0 Å². The summed E-state index contributed by atoms with van der Waals surface area (Å²) in [5.41, 5.74) is 2.57. The maximum atomic E-state index is 2.43. The van der Waals surface area contributed by atoms with Gasteiger partial charge in [0.2, 0.25) is 0 Å². The van der Waals surface area contributed by atoms with Crippen LogP contribution in [0, 0.1) is 0 Å². The Labute approximate surface area is 222 Å². The zero-order chi connectivity index (χ0) is 23.4. The van der Waals surface area contributed by atoms with E-state index in [-0.39, 0.29) is 0 Å². The Morgan fingerprint density at radius 2 is 0.861 bits per heavy atom. The third-order valence-electron chi connectivity index (χ3n) is 7.25. The van der Waals surface area contributed by atoms with Gasteiger partial charge in [0.1, 0.15) is 0 Å². The van der Waals surface area contributed by atoms with Crippen LogP contribution in [0.5, 0.6) is 0 Å². The lowest BCUT2D eigenvalue weighted by molar-refractivity contribution is 1.66. The highest BCUT2D eigenvalue weighted by Crippen LogP contribution is 2.48. The van der Waals surface area contributed by atoms with Crippen LogP contribution in [-0.2, 0) is 0 Å². The van der Waals surface area contributed by atoms with Gasteiger partial charge >= 0.3 is 0 Å². The predicted molar refractivity (Wildman–Crippen MR) is 166 cm³/mol. The van der Waals surface area contributed by atoms with Crippen molar-refractivity contribution in [3.8, 4) is 11.1 Å². The van der Waals surface area contributed by atoms with Gasteiger partial charge in [-0.05, 0) is 64.4 Å². The fraction of sp³-hybridized carbons (Fsp3) is 0. The molecule has 0 amide bonds. The van der Waals surface area contributed by atoms with E-state index in [9.17, 15) is 0 Å². The number of fused-ring (bicyclic) bond motifs is 11. The largest absolute Gasteiger partial charge is 0.134 e. The standard InChI is InChI=1S/C32H16S4/c1-2-6-17(7-3-1)18-10-11-26-22(12-18)30-32(34-26)24-14-20-15-27-23(13-19(20)16-28(24)36-30)31-29(35-27)21-8-4-5-9-25(21)33-31/h1-16H. The highest BCUT2D eigenvalue weighted by molar-refractivity contribution is 7.37. The lowest BCUT2D eigenvalue weighted by Gasteiger charge is -2.01. The maximum Gasteiger partial charge on any atom is 0.0542 e. The second kappa shape index (κ2) is 7.15. The van der Waals surface area contributed by atoms with Crippen LogP contribution in [0.25, 0.3) is 81.0 Å². The molecule has 0 N–H and O–H groups in total. The van der Waals surface area contributed by atoms with Gasteiger partial charge in [-0.3, -0.25) is 0 Å². The zero-order valence-electron chi connectivity index (χ0n) is 18.9. The Balaban J connectivity index is 1.30. The van der Waals surface area contributed by atoms with Crippen LogP contribution in [0.3, 0.4) is 0 Å². The Morgan fingerprint density at radius 3 is 1.56 bits per heavy atom. The summed E-state index contributed by atoms with van der Waals surface area (Å²) >= 11 is 7.76. The highest BCUT2D eigenvalue weighted by Gasteiger charge is 2.16. The molecule has 0 fully saturated rings. The van der Waals surface area contributed by atoms with Crippen molar-refractivity contribution in [2.24, 2.45) is 0 Å². The van der Waals surface area contributed by atoms with Gasteiger partial charge in [0.05, 0.1) is 18.8 Å². The molecule has 4 aromatic heterocycles. The van der Waals surface area contributed by atoms with Gasteiger partial charge in [-0.2, -0.15) is 0 Å². The molecule has 36 heavy (non-hydrogen) atoms. The van der Waals surface area contributed by atoms with E-state index in [2.05, 4.69) is 97.1 Å². The quantitative estimate of drug-likeness (QED) is 0.199. The summed E-state index contributed by atoms with van der Waals surface area (Å²) in [5, 5.41) is 8.26. The van der Waals surface area contributed by atoms with E-state index in [1.165, 1.54) is 81.0 Å². The highest BCUT2D eigenvalue weighted by atomic mass is 32.1. The summed E-state index contributed by atoms with van der Waals surface area (Å²) in [6.07, 6.45) is 0.